The first kappa shape index (κ1) is 21.0. The Kier molecular flexibility index (Phi) is 5.41. The van der Waals surface area contributed by atoms with Gasteiger partial charge in [-0.3, -0.25) is 9.59 Å². The molecular weight excluding hydrogens is 419 g/mol. The van der Waals surface area contributed by atoms with Crippen molar-refractivity contribution in [2.24, 2.45) is 0 Å². The van der Waals surface area contributed by atoms with Gasteiger partial charge in [0, 0.05) is 28.1 Å². The van der Waals surface area contributed by atoms with Crippen molar-refractivity contribution in [3.63, 3.8) is 0 Å². The number of halogens is 2. The molecular formula is C24H24Cl2N2O2. The summed E-state index contributed by atoms with van der Waals surface area (Å²) in [4.78, 5) is 26.7. The zero-order valence-electron chi connectivity index (χ0n) is 17.2. The Morgan fingerprint density at radius 2 is 1.83 bits per heavy atom. The molecule has 3 atom stereocenters. The number of anilines is 1. The highest BCUT2D eigenvalue weighted by molar-refractivity contribution is 6.31. The summed E-state index contributed by atoms with van der Waals surface area (Å²) >= 11 is 12.5. The molecule has 2 aromatic rings. The number of allylic oxidation sites excluding steroid dienone is 1. The molecule has 30 heavy (non-hydrogen) atoms. The summed E-state index contributed by atoms with van der Waals surface area (Å²) in [5, 5.41) is 7.34. The predicted molar refractivity (Wildman–Crippen MR) is 121 cm³/mol. The van der Waals surface area contributed by atoms with E-state index in [-0.39, 0.29) is 24.2 Å². The van der Waals surface area contributed by atoms with Gasteiger partial charge in [-0.1, -0.05) is 53.9 Å². The monoisotopic (exact) mass is 442 g/mol. The standard InChI is InChI=1S/C24H24Cl2N2O2/c1-4-17(13(2)3)22-24(18-9-8-16(26)11-20(18)27-23(24)30)19(12-21(29)28-22)14-6-5-7-15(25)10-14/h5-11,19,22H,4,12H2,1-3H3,(H,27,30)(H,28,29)/t19-,22+,24-/m0/s1. The van der Waals surface area contributed by atoms with Gasteiger partial charge < -0.3 is 10.6 Å². The molecule has 0 saturated carbocycles. The number of amides is 2. The molecule has 0 aliphatic carbocycles. The van der Waals surface area contributed by atoms with Crippen LogP contribution in [0.3, 0.4) is 0 Å². The number of hydrogen-bond acceptors (Lipinski definition) is 2. The van der Waals surface area contributed by atoms with Crippen LogP contribution < -0.4 is 10.6 Å². The topological polar surface area (TPSA) is 58.2 Å². The molecule has 2 heterocycles. The lowest BCUT2D eigenvalue weighted by Crippen LogP contribution is -2.62. The first-order chi connectivity index (χ1) is 14.3. The number of carbonyl (C=O) groups is 2. The van der Waals surface area contributed by atoms with Crippen molar-refractivity contribution in [3.8, 4) is 0 Å². The molecule has 0 radical (unpaired) electrons. The van der Waals surface area contributed by atoms with Gasteiger partial charge >= 0.3 is 0 Å². The minimum absolute atomic E-state index is 0.0713. The fraction of sp³-hybridized carbons (Fsp3) is 0.333. The predicted octanol–water partition coefficient (Wildman–Crippen LogP) is 5.60. The highest BCUT2D eigenvalue weighted by Crippen LogP contribution is 2.55. The zero-order valence-corrected chi connectivity index (χ0v) is 18.7. The van der Waals surface area contributed by atoms with E-state index in [0.29, 0.717) is 15.7 Å². The van der Waals surface area contributed by atoms with E-state index in [2.05, 4.69) is 17.6 Å². The van der Waals surface area contributed by atoms with Gasteiger partial charge in [-0.15, -0.1) is 0 Å². The third-order valence-electron chi connectivity index (χ3n) is 6.37. The van der Waals surface area contributed by atoms with Crippen LogP contribution in [0.15, 0.2) is 53.6 Å². The number of fused-ring (bicyclic) bond motifs is 2. The Morgan fingerprint density at radius 1 is 1.10 bits per heavy atom. The van der Waals surface area contributed by atoms with Crippen LogP contribution in [0.5, 0.6) is 0 Å². The van der Waals surface area contributed by atoms with Gasteiger partial charge in [0.1, 0.15) is 5.41 Å². The van der Waals surface area contributed by atoms with Crippen molar-refractivity contribution < 1.29 is 9.59 Å². The van der Waals surface area contributed by atoms with Crippen LogP contribution >= 0.6 is 23.2 Å². The Hall–Kier alpha value is -2.30. The third-order valence-corrected chi connectivity index (χ3v) is 6.84. The molecule has 2 aliphatic rings. The van der Waals surface area contributed by atoms with Gasteiger partial charge in [-0.05, 0) is 61.2 Å². The Balaban J connectivity index is 2.05. The minimum atomic E-state index is -0.985. The van der Waals surface area contributed by atoms with Gasteiger partial charge in [-0.2, -0.15) is 0 Å². The van der Waals surface area contributed by atoms with Crippen molar-refractivity contribution in [1.82, 2.24) is 5.32 Å². The summed E-state index contributed by atoms with van der Waals surface area (Å²) in [5.41, 5.74) is 3.62. The zero-order chi connectivity index (χ0) is 21.6. The molecule has 2 aliphatic heterocycles. The molecule has 2 aromatic carbocycles. The van der Waals surface area contributed by atoms with Crippen molar-refractivity contribution in [1.29, 1.82) is 0 Å². The second-order valence-electron chi connectivity index (χ2n) is 8.20. The van der Waals surface area contributed by atoms with Gasteiger partial charge in [0.05, 0.1) is 6.04 Å². The number of hydrogen-bond donors (Lipinski definition) is 2. The van der Waals surface area contributed by atoms with Gasteiger partial charge in [0.15, 0.2) is 0 Å². The Morgan fingerprint density at radius 3 is 2.50 bits per heavy atom. The maximum absolute atomic E-state index is 13.8. The summed E-state index contributed by atoms with van der Waals surface area (Å²) in [6.07, 6.45) is 0.930. The molecule has 2 amide bonds. The fourth-order valence-corrected chi connectivity index (χ4v) is 5.53. The van der Waals surface area contributed by atoms with E-state index in [4.69, 9.17) is 23.2 Å². The van der Waals surface area contributed by atoms with Crippen molar-refractivity contribution in [2.75, 3.05) is 5.32 Å². The maximum atomic E-state index is 13.8. The second-order valence-corrected chi connectivity index (χ2v) is 9.08. The van der Waals surface area contributed by atoms with Crippen LogP contribution in [0.1, 0.15) is 50.7 Å². The number of nitrogens with one attached hydrogen (secondary N) is 2. The molecule has 0 aromatic heterocycles. The first-order valence-corrected chi connectivity index (χ1v) is 10.9. The summed E-state index contributed by atoms with van der Waals surface area (Å²) in [6, 6.07) is 12.5. The number of carbonyl (C=O) groups excluding carboxylic acids is 2. The third kappa shape index (κ3) is 3.14. The molecule has 1 fully saturated rings. The molecule has 0 bridgehead atoms. The van der Waals surface area contributed by atoms with Crippen LogP contribution in [-0.2, 0) is 15.0 Å². The highest BCUT2D eigenvalue weighted by Gasteiger charge is 2.61. The minimum Gasteiger partial charge on any atom is -0.348 e. The molecule has 4 nitrogen and oxygen atoms in total. The maximum Gasteiger partial charge on any atom is 0.238 e. The number of piperidine rings is 1. The van der Waals surface area contributed by atoms with Crippen LogP contribution in [-0.4, -0.2) is 17.9 Å². The highest BCUT2D eigenvalue weighted by atomic mass is 35.5. The van der Waals surface area contributed by atoms with E-state index in [1.54, 1.807) is 18.2 Å². The van der Waals surface area contributed by atoms with Crippen LogP contribution in [0.25, 0.3) is 0 Å². The normalized spacial score (nSPS) is 25.0. The van der Waals surface area contributed by atoms with E-state index in [1.807, 2.05) is 38.1 Å². The summed E-state index contributed by atoms with van der Waals surface area (Å²) in [6.45, 7) is 6.11. The molecule has 156 valence electrons. The summed E-state index contributed by atoms with van der Waals surface area (Å²) in [7, 11) is 0. The Bertz CT molecular complexity index is 1070. The molecule has 4 rings (SSSR count). The largest absolute Gasteiger partial charge is 0.348 e. The van der Waals surface area contributed by atoms with Gasteiger partial charge in [0.2, 0.25) is 11.8 Å². The smallest absolute Gasteiger partial charge is 0.238 e. The van der Waals surface area contributed by atoms with Crippen molar-refractivity contribution >= 4 is 40.7 Å². The lowest BCUT2D eigenvalue weighted by atomic mass is 9.58. The van der Waals surface area contributed by atoms with Crippen LogP contribution in [0.4, 0.5) is 5.69 Å². The SMILES string of the molecule is CCC(=C(C)C)[C@H]1NC(=O)C[C@@H](c2cccc(Cl)c2)[C@]12C(=O)Nc1cc(Cl)ccc12. The van der Waals surface area contributed by atoms with E-state index >= 15 is 0 Å². The van der Waals surface area contributed by atoms with E-state index in [1.165, 1.54) is 0 Å². The van der Waals surface area contributed by atoms with Crippen LogP contribution in [0, 0.1) is 0 Å². The molecule has 2 N–H and O–H groups in total. The average Bonchev–Trinajstić information content (AvgIpc) is 2.96. The lowest BCUT2D eigenvalue weighted by molar-refractivity contribution is -0.130. The lowest BCUT2D eigenvalue weighted by Gasteiger charge is -2.47. The average molecular weight is 443 g/mol. The quantitative estimate of drug-likeness (QED) is 0.607. The molecule has 1 spiro atoms. The van der Waals surface area contributed by atoms with E-state index in [9.17, 15) is 9.59 Å². The Labute approximate surface area is 186 Å². The first-order valence-electron chi connectivity index (χ1n) is 10.1. The molecule has 6 heteroatoms. The van der Waals surface area contributed by atoms with Crippen molar-refractivity contribution in [3.05, 3.63) is 74.8 Å². The second kappa shape index (κ2) is 7.75. The van der Waals surface area contributed by atoms with Gasteiger partial charge in [-0.25, -0.2) is 0 Å². The van der Waals surface area contributed by atoms with Gasteiger partial charge in [0.25, 0.3) is 0 Å². The fourth-order valence-electron chi connectivity index (χ4n) is 5.15. The molecule has 1 saturated heterocycles. The number of benzene rings is 2. The molecule has 0 unspecified atom stereocenters. The summed E-state index contributed by atoms with van der Waals surface area (Å²) < 4.78 is 0. The van der Waals surface area contributed by atoms with Crippen molar-refractivity contribution in [2.45, 2.75) is 51.0 Å². The summed E-state index contributed by atoms with van der Waals surface area (Å²) in [5.74, 6) is -0.557. The number of rotatable bonds is 3. The van der Waals surface area contributed by atoms with Crippen LogP contribution in [0.2, 0.25) is 10.0 Å². The van der Waals surface area contributed by atoms with E-state index < -0.39 is 11.5 Å². The van der Waals surface area contributed by atoms with E-state index in [0.717, 1.165) is 28.7 Å².